The molecule has 1 aromatic carbocycles. The van der Waals surface area contributed by atoms with E-state index in [0.717, 1.165) is 38.5 Å². The minimum absolute atomic E-state index is 0.0214. The van der Waals surface area contributed by atoms with Crippen molar-refractivity contribution in [2.24, 2.45) is 11.8 Å². The van der Waals surface area contributed by atoms with Gasteiger partial charge in [0.05, 0.1) is 12.7 Å². The standard InChI is InChI=1S/C19H24N2O4/c1-25-19(24)14-6-8-15(9-7-14)20-17(22)12-2-4-13(5-3-12)18(23)21-16-10-11-16/h6-9,12-13,16H,2-5,10-11H2,1H3,(H,20,22)(H,21,23). The van der Waals surface area contributed by atoms with Crippen LogP contribution in [0.5, 0.6) is 0 Å². The van der Waals surface area contributed by atoms with Crippen molar-refractivity contribution in [3.63, 3.8) is 0 Å². The maximum Gasteiger partial charge on any atom is 0.337 e. The summed E-state index contributed by atoms with van der Waals surface area (Å²) in [7, 11) is 1.33. The van der Waals surface area contributed by atoms with E-state index in [1.165, 1.54) is 7.11 Å². The molecular weight excluding hydrogens is 320 g/mol. The zero-order valence-corrected chi connectivity index (χ0v) is 14.4. The van der Waals surface area contributed by atoms with Crippen molar-refractivity contribution in [2.75, 3.05) is 12.4 Å². The number of hydrogen-bond acceptors (Lipinski definition) is 4. The number of carbonyl (C=O) groups is 3. The summed E-state index contributed by atoms with van der Waals surface area (Å²) in [6, 6.07) is 7.03. The van der Waals surface area contributed by atoms with Gasteiger partial charge < -0.3 is 15.4 Å². The van der Waals surface area contributed by atoms with Crippen molar-refractivity contribution in [1.29, 1.82) is 0 Å². The number of hydrogen-bond donors (Lipinski definition) is 2. The molecule has 2 amide bonds. The molecule has 2 N–H and O–H groups in total. The fourth-order valence-corrected chi connectivity index (χ4v) is 3.22. The number of amides is 2. The highest BCUT2D eigenvalue weighted by Crippen LogP contribution is 2.31. The number of carbonyl (C=O) groups excluding carboxylic acids is 3. The van der Waals surface area contributed by atoms with Gasteiger partial charge in [-0.1, -0.05) is 0 Å². The molecule has 6 nitrogen and oxygen atoms in total. The SMILES string of the molecule is COC(=O)c1ccc(NC(=O)C2CCC(C(=O)NC3CC3)CC2)cc1. The van der Waals surface area contributed by atoms with Crippen LogP contribution in [-0.4, -0.2) is 30.9 Å². The molecule has 25 heavy (non-hydrogen) atoms. The van der Waals surface area contributed by atoms with E-state index >= 15 is 0 Å². The highest BCUT2D eigenvalue weighted by molar-refractivity contribution is 5.94. The fourth-order valence-electron chi connectivity index (χ4n) is 3.22. The van der Waals surface area contributed by atoms with Gasteiger partial charge in [0, 0.05) is 23.6 Å². The summed E-state index contributed by atoms with van der Waals surface area (Å²) < 4.78 is 4.65. The molecule has 0 aliphatic heterocycles. The quantitative estimate of drug-likeness (QED) is 0.804. The minimum atomic E-state index is -0.402. The lowest BCUT2D eigenvalue weighted by atomic mass is 9.81. The largest absolute Gasteiger partial charge is 0.465 e. The molecule has 2 saturated carbocycles. The third-order valence-electron chi connectivity index (χ3n) is 4.97. The molecule has 0 spiro atoms. The van der Waals surface area contributed by atoms with Crippen LogP contribution in [0.1, 0.15) is 48.9 Å². The first-order valence-corrected chi connectivity index (χ1v) is 8.86. The Labute approximate surface area is 147 Å². The highest BCUT2D eigenvalue weighted by Gasteiger charge is 2.32. The second kappa shape index (κ2) is 7.68. The molecule has 2 aliphatic carbocycles. The first kappa shape index (κ1) is 17.5. The Morgan fingerprint density at radius 1 is 0.880 bits per heavy atom. The molecule has 0 radical (unpaired) electrons. The van der Waals surface area contributed by atoms with Crippen LogP contribution in [0.15, 0.2) is 24.3 Å². The fraction of sp³-hybridized carbons (Fsp3) is 0.526. The molecule has 0 unspecified atom stereocenters. The van der Waals surface area contributed by atoms with Crippen LogP contribution >= 0.6 is 0 Å². The van der Waals surface area contributed by atoms with Gasteiger partial charge in [0.15, 0.2) is 0 Å². The molecule has 0 heterocycles. The maximum absolute atomic E-state index is 12.4. The summed E-state index contributed by atoms with van der Waals surface area (Å²) in [4.78, 5) is 35.9. The lowest BCUT2D eigenvalue weighted by molar-refractivity contribution is -0.128. The van der Waals surface area contributed by atoms with E-state index in [2.05, 4.69) is 15.4 Å². The molecule has 0 saturated heterocycles. The molecule has 0 aromatic heterocycles. The van der Waals surface area contributed by atoms with Crippen molar-refractivity contribution in [3.8, 4) is 0 Å². The zero-order valence-electron chi connectivity index (χ0n) is 14.4. The van der Waals surface area contributed by atoms with Crippen LogP contribution < -0.4 is 10.6 Å². The monoisotopic (exact) mass is 344 g/mol. The minimum Gasteiger partial charge on any atom is -0.465 e. The van der Waals surface area contributed by atoms with Crippen LogP contribution in [-0.2, 0) is 14.3 Å². The molecule has 0 atom stereocenters. The molecule has 0 bridgehead atoms. The van der Waals surface area contributed by atoms with Crippen molar-refractivity contribution in [2.45, 2.75) is 44.6 Å². The summed E-state index contributed by atoms with van der Waals surface area (Å²) in [6.07, 6.45) is 5.18. The van der Waals surface area contributed by atoms with Gasteiger partial charge in [0.2, 0.25) is 11.8 Å². The van der Waals surface area contributed by atoms with E-state index in [0.29, 0.717) is 17.3 Å². The molecule has 6 heteroatoms. The predicted molar refractivity (Wildman–Crippen MR) is 93.0 cm³/mol. The molecule has 2 fully saturated rings. The van der Waals surface area contributed by atoms with Gasteiger partial charge >= 0.3 is 5.97 Å². The van der Waals surface area contributed by atoms with Crippen LogP contribution in [0.3, 0.4) is 0 Å². The Kier molecular flexibility index (Phi) is 5.36. The van der Waals surface area contributed by atoms with Gasteiger partial charge in [-0.25, -0.2) is 4.79 Å². The van der Waals surface area contributed by atoms with Gasteiger partial charge in [-0.2, -0.15) is 0 Å². The van der Waals surface area contributed by atoms with E-state index in [-0.39, 0.29) is 23.7 Å². The maximum atomic E-state index is 12.4. The Morgan fingerprint density at radius 3 is 1.96 bits per heavy atom. The van der Waals surface area contributed by atoms with Crippen LogP contribution in [0, 0.1) is 11.8 Å². The summed E-state index contributed by atoms with van der Waals surface area (Å²) >= 11 is 0. The molecular formula is C19H24N2O4. The van der Waals surface area contributed by atoms with Crippen molar-refractivity contribution < 1.29 is 19.1 Å². The number of esters is 1. The Bertz CT molecular complexity index is 644. The van der Waals surface area contributed by atoms with E-state index < -0.39 is 5.97 Å². The first-order valence-electron chi connectivity index (χ1n) is 8.86. The summed E-state index contributed by atoms with van der Waals surface area (Å²) in [5, 5.41) is 5.94. The smallest absolute Gasteiger partial charge is 0.337 e. The van der Waals surface area contributed by atoms with E-state index in [1.54, 1.807) is 24.3 Å². The average Bonchev–Trinajstić information content (AvgIpc) is 3.45. The number of methoxy groups -OCH3 is 1. The summed E-state index contributed by atoms with van der Waals surface area (Å²) in [6.45, 7) is 0. The van der Waals surface area contributed by atoms with Gasteiger partial charge in [-0.15, -0.1) is 0 Å². The Morgan fingerprint density at radius 2 is 1.44 bits per heavy atom. The normalized spacial score (nSPS) is 22.8. The van der Waals surface area contributed by atoms with E-state index in [4.69, 9.17) is 0 Å². The third-order valence-corrected chi connectivity index (χ3v) is 4.97. The topological polar surface area (TPSA) is 84.5 Å². The van der Waals surface area contributed by atoms with Crippen LogP contribution in [0.25, 0.3) is 0 Å². The van der Waals surface area contributed by atoms with E-state index in [9.17, 15) is 14.4 Å². The third kappa shape index (κ3) is 4.59. The van der Waals surface area contributed by atoms with E-state index in [1.807, 2.05) is 0 Å². The van der Waals surface area contributed by atoms with Crippen molar-refractivity contribution in [1.82, 2.24) is 5.32 Å². The molecule has 3 rings (SSSR count). The molecule has 2 aliphatic rings. The second-order valence-corrected chi connectivity index (χ2v) is 6.89. The van der Waals surface area contributed by atoms with Gasteiger partial charge in [0.1, 0.15) is 0 Å². The average molecular weight is 344 g/mol. The molecule has 1 aromatic rings. The summed E-state index contributed by atoms with van der Waals surface area (Å²) in [5.74, 6) is -0.290. The van der Waals surface area contributed by atoms with Gasteiger partial charge in [-0.05, 0) is 62.8 Å². The zero-order chi connectivity index (χ0) is 17.8. The highest BCUT2D eigenvalue weighted by atomic mass is 16.5. The Hall–Kier alpha value is -2.37. The van der Waals surface area contributed by atoms with Crippen LogP contribution in [0.2, 0.25) is 0 Å². The molecule has 134 valence electrons. The van der Waals surface area contributed by atoms with Crippen molar-refractivity contribution >= 4 is 23.5 Å². The number of rotatable bonds is 5. The number of nitrogens with one attached hydrogen (secondary N) is 2. The number of ether oxygens (including phenoxy) is 1. The van der Waals surface area contributed by atoms with Gasteiger partial charge in [-0.3, -0.25) is 9.59 Å². The second-order valence-electron chi connectivity index (χ2n) is 6.89. The number of anilines is 1. The predicted octanol–water partition coefficient (Wildman–Crippen LogP) is 2.50. The van der Waals surface area contributed by atoms with Crippen LogP contribution in [0.4, 0.5) is 5.69 Å². The lowest BCUT2D eigenvalue weighted by Gasteiger charge is -2.27. The Balaban J connectivity index is 1.47. The summed E-state index contributed by atoms with van der Waals surface area (Å²) in [5.41, 5.74) is 1.11. The number of benzene rings is 1. The lowest BCUT2D eigenvalue weighted by Crippen LogP contribution is -2.36. The van der Waals surface area contributed by atoms with Crippen molar-refractivity contribution in [3.05, 3.63) is 29.8 Å². The first-order chi connectivity index (χ1) is 12.1. The van der Waals surface area contributed by atoms with Gasteiger partial charge in [0.25, 0.3) is 0 Å².